The van der Waals surface area contributed by atoms with Gasteiger partial charge in [0.05, 0.1) is 0 Å². The molecule has 0 amide bonds. The SMILES string of the molecule is NCc1cnc(Sc2ncn[nH]2)nc1. The molecule has 0 unspecified atom stereocenters. The van der Waals surface area contributed by atoms with E-state index in [1.807, 2.05) is 0 Å². The molecule has 2 aromatic heterocycles. The Morgan fingerprint density at radius 3 is 2.64 bits per heavy atom. The van der Waals surface area contributed by atoms with Gasteiger partial charge in [-0.05, 0) is 11.8 Å². The molecule has 0 saturated heterocycles. The Kier molecular flexibility index (Phi) is 2.70. The van der Waals surface area contributed by atoms with Crippen LogP contribution in [0, 0.1) is 0 Å². The number of nitrogens with zero attached hydrogens (tertiary/aromatic N) is 4. The second-order valence-electron chi connectivity index (χ2n) is 2.47. The van der Waals surface area contributed by atoms with E-state index in [1.165, 1.54) is 18.1 Å². The van der Waals surface area contributed by atoms with Crippen LogP contribution in [0.2, 0.25) is 0 Å². The van der Waals surface area contributed by atoms with Crippen molar-refractivity contribution >= 4 is 11.8 Å². The van der Waals surface area contributed by atoms with Crippen LogP contribution in [-0.4, -0.2) is 25.1 Å². The summed E-state index contributed by atoms with van der Waals surface area (Å²) in [6.07, 6.45) is 4.84. The smallest absolute Gasteiger partial charge is 0.195 e. The second-order valence-corrected chi connectivity index (χ2v) is 3.43. The van der Waals surface area contributed by atoms with Crippen molar-refractivity contribution in [3.05, 3.63) is 24.3 Å². The van der Waals surface area contributed by atoms with E-state index in [2.05, 4.69) is 25.1 Å². The zero-order chi connectivity index (χ0) is 9.80. The fraction of sp³-hybridized carbons (Fsp3) is 0.143. The average Bonchev–Trinajstić information content (AvgIpc) is 2.72. The maximum Gasteiger partial charge on any atom is 0.195 e. The Morgan fingerprint density at radius 1 is 1.29 bits per heavy atom. The summed E-state index contributed by atoms with van der Waals surface area (Å²) in [5.74, 6) is 0. The molecule has 2 aromatic rings. The van der Waals surface area contributed by atoms with E-state index in [9.17, 15) is 0 Å². The predicted molar refractivity (Wildman–Crippen MR) is 50.4 cm³/mol. The van der Waals surface area contributed by atoms with Gasteiger partial charge in [-0.1, -0.05) is 0 Å². The number of H-pyrrole nitrogens is 1. The molecule has 14 heavy (non-hydrogen) atoms. The number of aromatic amines is 1. The summed E-state index contributed by atoms with van der Waals surface area (Å²) < 4.78 is 0. The van der Waals surface area contributed by atoms with E-state index in [0.717, 1.165) is 5.56 Å². The molecule has 2 heterocycles. The molecule has 0 aliphatic heterocycles. The lowest BCUT2D eigenvalue weighted by molar-refractivity contribution is 0.900. The van der Waals surface area contributed by atoms with E-state index in [-0.39, 0.29) is 0 Å². The van der Waals surface area contributed by atoms with Gasteiger partial charge in [-0.25, -0.2) is 15.0 Å². The first-order valence-electron chi connectivity index (χ1n) is 3.92. The molecule has 0 saturated carbocycles. The van der Waals surface area contributed by atoms with E-state index in [0.29, 0.717) is 16.9 Å². The number of aromatic nitrogens is 5. The Morgan fingerprint density at radius 2 is 2.07 bits per heavy atom. The summed E-state index contributed by atoms with van der Waals surface area (Å²) in [7, 11) is 0. The number of rotatable bonds is 3. The van der Waals surface area contributed by atoms with Crippen molar-refractivity contribution in [1.82, 2.24) is 25.1 Å². The Labute approximate surface area is 84.4 Å². The van der Waals surface area contributed by atoms with Crippen molar-refractivity contribution in [1.29, 1.82) is 0 Å². The first-order chi connectivity index (χ1) is 6.88. The topological polar surface area (TPSA) is 93.4 Å². The first-order valence-corrected chi connectivity index (χ1v) is 4.74. The van der Waals surface area contributed by atoms with Gasteiger partial charge in [0.1, 0.15) is 6.33 Å². The first kappa shape index (κ1) is 9.10. The molecule has 6 nitrogen and oxygen atoms in total. The highest BCUT2D eigenvalue weighted by molar-refractivity contribution is 7.99. The molecule has 0 aliphatic rings. The van der Waals surface area contributed by atoms with Gasteiger partial charge in [-0.3, -0.25) is 5.10 Å². The minimum atomic E-state index is 0.452. The minimum Gasteiger partial charge on any atom is -0.326 e. The quantitative estimate of drug-likeness (QED) is 0.700. The molecule has 72 valence electrons. The van der Waals surface area contributed by atoms with Gasteiger partial charge >= 0.3 is 0 Å². The van der Waals surface area contributed by atoms with Crippen molar-refractivity contribution in [2.45, 2.75) is 16.9 Å². The van der Waals surface area contributed by atoms with Crippen LogP contribution in [-0.2, 0) is 6.54 Å². The third-order valence-corrected chi connectivity index (χ3v) is 2.28. The highest BCUT2D eigenvalue weighted by atomic mass is 32.2. The van der Waals surface area contributed by atoms with Crippen LogP contribution in [0.1, 0.15) is 5.56 Å². The fourth-order valence-corrected chi connectivity index (χ4v) is 1.41. The maximum atomic E-state index is 5.42. The zero-order valence-electron chi connectivity index (χ0n) is 7.21. The molecular weight excluding hydrogens is 200 g/mol. The van der Waals surface area contributed by atoms with Crippen LogP contribution >= 0.6 is 11.8 Å². The highest BCUT2D eigenvalue weighted by Crippen LogP contribution is 2.18. The fourth-order valence-electron chi connectivity index (χ4n) is 0.831. The van der Waals surface area contributed by atoms with Gasteiger partial charge in [0.2, 0.25) is 0 Å². The van der Waals surface area contributed by atoms with Crippen molar-refractivity contribution in [2.24, 2.45) is 5.73 Å². The lowest BCUT2D eigenvalue weighted by Crippen LogP contribution is -1.98. The third kappa shape index (κ3) is 2.06. The van der Waals surface area contributed by atoms with Crippen LogP contribution in [0.4, 0.5) is 0 Å². The lowest BCUT2D eigenvalue weighted by atomic mass is 10.4. The summed E-state index contributed by atoms with van der Waals surface area (Å²) in [6, 6.07) is 0. The Bertz CT molecular complexity index is 383. The molecule has 0 bridgehead atoms. The van der Waals surface area contributed by atoms with Crippen molar-refractivity contribution in [3.63, 3.8) is 0 Å². The molecule has 7 heteroatoms. The minimum absolute atomic E-state index is 0.452. The maximum absolute atomic E-state index is 5.42. The number of hydrogen-bond acceptors (Lipinski definition) is 6. The van der Waals surface area contributed by atoms with Gasteiger partial charge in [0, 0.05) is 24.5 Å². The summed E-state index contributed by atoms with van der Waals surface area (Å²) >= 11 is 1.32. The summed E-state index contributed by atoms with van der Waals surface area (Å²) in [4.78, 5) is 12.2. The summed E-state index contributed by atoms with van der Waals surface area (Å²) in [6.45, 7) is 0.452. The van der Waals surface area contributed by atoms with E-state index in [4.69, 9.17) is 5.73 Å². The molecule has 3 N–H and O–H groups in total. The van der Waals surface area contributed by atoms with Crippen LogP contribution < -0.4 is 5.73 Å². The zero-order valence-corrected chi connectivity index (χ0v) is 8.03. The average molecular weight is 208 g/mol. The largest absolute Gasteiger partial charge is 0.326 e. The standard InChI is InChI=1S/C7H8N6S/c8-1-5-2-9-6(10-3-5)14-7-11-4-12-13-7/h2-4H,1,8H2,(H,11,12,13). The van der Waals surface area contributed by atoms with E-state index in [1.54, 1.807) is 12.4 Å². The number of hydrogen-bond donors (Lipinski definition) is 2. The van der Waals surface area contributed by atoms with E-state index >= 15 is 0 Å². The third-order valence-electron chi connectivity index (χ3n) is 1.50. The van der Waals surface area contributed by atoms with Crippen molar-refractivity contribution in [3.8, 4) is 0 Å². The summed E-state index contributed by atoms with van der Waals surface area (Å²) in [5.41, 5.74) is 6.33. The normalized spacial score (nSPS) is 10.4. The predicted octanol–water partition coefficient (Wildman–Crippen LogP) is 0.205. The van der Waals surface area contributed by atoms with Crippen LogP contribution in [0.25, 0.3) is 0 Å². The summed E-state index contributed by atoms with van der Waals surface area (Å²) in [5, 5.41) is 7.73. The van der Waals surface area contributed by atoms with Gasteiger partial charge in [0.25, 0.3) is 0 Å². The van der Waals surface area contributed by atoms with Gasteiger partial charge in [-0.15, -0.1) is 0 Å². The number of nitrogens with one attached hydrogen (secondary N) is 1. The van der Waals surface area contributed by atoms with E-state index < -0.39 is 0 Å². The Hall–Kier alpha value is -1.47. The molecule has 2 rings (SSSR count). The molecular formula is C7H8N6S. The monoisotopic (exact) mass is 208 g/mol. The second kappa shape index (κ2) is 4.16. The molecule has 0 spiro atoms. The van der Waals surface area contributed by atoms with Crippen molar-refractivity contribution < 1.29 is 0 Å². The molecule has 0 atom stereocenters. The highest BCUT2D eigenvalue weighted by Gasteiger charge is 2.02. The molecule has 0 radical (unpaired) electrons. The Balaban J connectivity index is 2.10. The molecule has 0 fully saturated rings. The van der Waals surface area contributed by atoms with Crippen LogP contribution in [0.5, 0.6) is 0 Å². The molecule has 0 aliphatic carbocycles. The number of nitrogens with two attached hydrogens (primary N) is 1. The lowest BCUT2D eigenvalue weighted by Gasteiger charge is -1.97. The van der Waals surface area contributed by atoms with Crippen molar-refractivity contribution in [2.75, 3.05) is 0 Å². The van der Waals surface area contributed by atoms with Gasteiger partial charge in [-0.2, -0.15) is 5.10 Å². The molecule has 0 aromatic carbocycles. The van der Waals surface area contributed by atoms with Gasteiger partial charge < -0.3 is 5.73 Å². The van der Waals surface area contributed by atoms with Crippen LogP contribution in [0.3, 0.4) is 0 Å². The van der Waals surface area contributed by atoms with Crippen LogP contribution in [0.15, 0.2) is 29.0 Å². The van der Waals surface area contributed by atoms with Gasteiger partial charge in [0.15, 0.2) is 10.3 Å².